The third kappa shape index (κ3) is 5.34. The molecule has 0 bridgehead atoms. The van der Waals surface area contributed by atoms with Crippen LogP contribution in [0.3, 0.4) is 0 Å². The lowest BCUT2D eigenvalue weighted by Crippen LogP contribution is -2.50. The molecule has 0 spiro atoms. The van der Waals surface area contributed by atoms with Crippen LogP contribution >= 0.6 is 0 Å². The van der Waals surface area contributed by atoms with Crippen molar-refractivity contribution in [2.45, 2.75) is 77.6 Å². The van der Waals surface area contributed by atoms with E-state index in [0.29, 0.717) is 18.1 Å². The minimum Gasteiger partial charge on any atom is -0.481 e. The van der Waals surface area contributed by atoms with Crippen LogP contribution in [0.2, 0.25) is 0 Å². The number of hydrogen-bond acceptors (Lipinski definition) is 5. The van der Waals surface area contributed by atoms with E-state index in [1.54, 1.807) is 0 Å². The highest BCUT2D eigenvalue weighted by molar-refractivity contribution is 5.73. The number of nitrogens with one attached hydrogen (secondary N) is 1. The molecule has 0 amide bonds. The molecule has 1 saturated carbocycles. The maximum atomic E-state index is 10.8. The number of aliphatic hydroxyl groups excluding tert-OH is 1. The first-order valence-electron chi connectivity index (χ1n) is 7.98. The molecule has 0 aromatic rings. The first-order chi connectivity index (χ1) is 10.1. The summed E-state index contributed by atoms with van der Waals surface area (Å²) in [5.74, 6) is -1.09. The zero-order valence-corrected chi connectivity index (χ0v) is 13.8. The molecule has 0 aliphatic heterocycles. The third-order valence-electron chi connectivity index (χ3n) is 4.99. The van der Waals surface area contributed by atoms with Crippen LogP contribution in [-0.4, -0.2) is 40.8 Å². The van der Waals surface area contributed by atoms with E-state index >= 15 is 0 Å². The van der Waals surface area contributed by atoms with Crippen LogP contribution in [0.15, 0.2) is 0 Å². The SMILES string of the molecule is CC(C)(C)C1(CCCC(N)C(O)N[C@H](C=O)CC(=O)O)CC1. The molecule has 1 fully saturated rings. The summed E-state index contributed by atoms with van der Waals surface area (Å²) in [7, 11) is 0. The predicted octanol–water partition coefficient (Wildman–Crippen LogP) is 1.26. The van der Waals surface area contributed by atoms with Gasteiger partial charge in [-0.3, -0.25) is 10.1 Å². The van der Waals surface area contributed by atoms with Crippen molar-refractivity contribution in [2.75, 3.05) is 0 Å². The maximum absolute atomic E-state index is 10.8. The Morgan fingerprint density at radius 1 is 1.41 bits per heavy atom. The molecule has 0 aromatic heterocycles. The minimum absolute atomic E-state index is 0.290. The van der Waals surface area contributed by atoms with Crippen molar-refractivity contribution in [1.82, 2.24) is 5.32 Å². The van der Waals surface area contributed by atoms with Gasteiger partial charge < -0.3 is 20.7 Å². The van der Waals surface area contributed by atoms with Crippen LogP contribution in [0.25, 0.3) is 0 Å². The lowest BCUT2D eigenvalue weighted by molar-refractivity contribution is -0.138. The van der Waals surface area contributed by atoms with Gasteiger partial charge in [0, 0.05) is 6.04 Å². The van der Waals surface area contributed by atoms with E-state index < -0.39 is 24.3 Å². The van der Waals surface area contributed by atoms with Gasteiger partial charge in [0.05, 0.1) is 12.5 Å². The average molecular weight is 314 g/mol. The number of carbonyl (C=O) groups excluding carboxylic acids is 1. The summed E-state index contributed by atoms with van der Waals surface area (Å²) in [6.45, 7) is 6.78. The summed E-state index contributed by atoms with van der Waals surface area (Å²) < 4.78 is 0. The van der Waals surface area contributed by atoms with Crippen LogP contribution in [0.5, 0.6) is 0 Å². The van der Waals surface area contributed by atoms with Crippen molar-refractivity contribution >= 4 is 12.3 Å². The Bertz CT molecular complexity index is 388. The van der Waals surface area contributed by atoms with Crippen molar-refractivity contribution in [2.24, 2.45) is 16.6 Å². The van der Waals surface area contributed by atoms with Gasteiger partial charge in [-0.1, -0.05) is 27.2 Å². The number of carboxylic acid groups (broad SMARTS) is 1. The van der Waals surface area contributed by atoms with Gasteiger partial charge >= 0.3 is 5.97 Å². The second-order valence-electron chi connectivity index (χ2n) is 7.54. The Morgan fingerprint density at radius 2 is 2.00 bits per heavy atom. The second kappa shape index (κ2) is 7.53. The van der Waals surface area contributed by atoms with Crippen LogP contribution in [0.1, 0.15) is 59.3 Å². The van der Waals surface area contributed by atoms with E-state index in [-0.39, 0.29) is 11.8 Å². The summed E-state index contributed by atoms with van der Waals surface area (Å²) in [5.41, 5.74) is 6.63. The number of hydrogen-bond donors (Lipinski definition) is 4. The fourth-order valence-electron chi connectivity index (χ4n) is 3.04. The zero-order valence-electron chi connectivity index (χ0n) is 13.8. The molecular weight excluding hydrogens is 284 g/mol. The Balaban J connectivity index is 2.34. The molecule has 5 N–H and O–H groups in total. The predicted molar refractivity (Wildman–Crippen MR) is 84.2 cm³/mol. The minimum atomic E-state index is -1.09. The smallest absolute Gasteiger partial charge is 0.305 e. The Morgan fingerprint density at radius 3 is 2.41 bits per heavy atom. The van der Waals surface area contributed by atoms with Crippen LogP contribution in [0.4, 0.5) is 0 Å². The fourth-order valence-corrected chi connectivity index (χ4v) is 3.04. The first-order valence-corrected chi connectivity index (χ1v) is 7.98. The fraction of sp³-hybridized carbons (Fsp3) is 0.875. The van der Waals surface area contributed by atoms with Gasteiger partial charge in [0.15, 0.2) is 0 Å². The average Bonchev–Trinajstić information content (AvgIpc) is 3.17. The molecule has 0 radical (unpaired) electrons. The summed E-state index contributed by atoms with van der Waals surface area (Å²) in [6.07, 6.45) is 4.20. The molecular formula is C16H30N2O4. The molecule has 3 atom stereocenters. The summed E-state index contributed by atoms with van der Waals surface area (Å²) in [4.78, 5) is 21.4. The standard InChI is InChI=1S/C16H30N2O4/c1-15(2,3)16(7-8-16)6-4-5-12(17)14(22)18-11(10-19)9-13(20)21/h10-12,14,18,22H,4-9,17H2,1-3H3,(H,20,21)/t11-,12?,14?/m0/s1. The van der Waals surface area contributed by atoms with Crippen molar-refractivity contribution in [1.29, 1.82) is 0 Å². The molecule has 0 aromatic carbocycles. The molecule has 22 heavy (non-hydrogen) atoms. The topological polar surface area (TPSA) is 113 Å². The number of aliphatic hydroxyl groups is 1. The number of nitrogens with two attached hydrogens (primary N) is 1. The van der Waals surface area contributed by atoms with Gasteiger partial charge in [0.2, 0.25) is 0 Å². The molecule has 1 rings (SSSR count). The Labute approximate surface area is 132 Å². The summed E-state index contributed by atoms with van der Waals surface area (Å²) >= 11 is 0. The molecule has 1 aliphatic rings. The van der Waals surface area contributed by atoms with Crippen molar-refractivity contribution < 1.29 is 19.8 Å². The second-order valence-corrected chi connectivity index (χ2v) is 7.54. The highest BCUT2D eigenvalue weighted by Crippen LogP contribution is 2.61. The van der Waals surface area contributed by atoms with Gasteiger partial charge in [-0.15, -0.1) is 0 Å². The number of aliphatic carboxylic acids is 1. The molecule has 6 heteroatoms. The van der Waals surface area contributed by atoms with E-state index in [1.807, 2.05) is 0 Å². The van der Waals surface area contributed by atoms with Crippen molar-refractivity contribution in [3.05, 3.63) is 0 Å². The number of aldehydes is 1. The summed E-state index contributed by atoms with van der Waals surface area (Å²) in [6, 6.07) is -1.42. The lowest BCUT2D eigenvalue weighted by Gasteiger charge is -2.31. The molecule has 0 saturated heterocycles. The number of carboxylic acids is 1. The molecule has 0 heterocycles. The van der Waals surface area contributed by atoms with Crippen LogP contribution < -0.4 is 11.1 Å². The quantitative estimate of drug-likeness (QED) is 0.357. The van der Waals surface area contributed by atoms with E-state index in [1.165, 1.54) is 12.8 Å². The van der Waals surface area contributed by atoms with Gasteiger partial charge in [-0.2, -0.15) is 0 Å². The van der Waals surface area contributed by atoms with Gasteiger partial charge in [-0.05, 0) is 36.5 Å². The van der Waals surface area contributed by atoms with E-state index in [4.69, 9.17) is 10.8 Å². The first kappa shape index (κ1) is 19.1. The summed E-state index contributed by atoms with van der Waals surface area (Å²) in [5, 5.41) is 21.2. The highest BCUT2D eigenvalue weighted by Gasteiger charge is 2.50. The normalized spacial score (nSPS) is 21.0. The lowest BCUT2D eigenvalue weighted by atomic mass is 9.74. The van der Waals surface area contributed by atoms with Gasteiger partial charge in [0.1, 0.15) is 12.5 Å². The van der Waals surface area contributed by atoms with E-state index in [2.05, 4.69) is 26.1 Å². The molecule has 6 nitrogen and oxygen atoms in total. The molecule has 1 aliphatic carbocycles. The van der Waals surface area contributed by atoms with Crippen molar-refractivity contribution in [3.8, 4) is 0 Å². The third-order valence-corrected chi connectivity index (χ3v) is 4.99. The molecule has 2 unspecified atom stereocenters. The molecule has 128 valence electrons. The van der Waals surface area contributed by atoms with E-state index in [0.717, 1.165) is 12.8 Å². The largest absolute Gasteiger partial charge is 0.481 e. The monoisotopic (exact) mass is 314 g/mol. The number of carbonyl (C=O) groups is 2. The Kier molecular flexibility index (Phi) is 6.52. The van der Waals surface area contributed by atoms with E-state index in [9.17, 15) is 14.7 Å². The number of rotatable bonds is 10. The highest BCUT2D eigenvalue weighted by atomic mass is 16.4. The Hall–Kier alpha value is -0.980. The van der Waals surface area contributed by atoms with Crippen LogP contribution in [-0.2, 0) is 9.59 Å². The van der Waals surface area contributed by atoms with Crippen LogP contribution in [0, 0.1) is 10.8 Å². The van der Waals surface area contributed by atoms with Crippen molar-refractivity contribution in [3.63, 3.8) is 0 Å². The van der Waals surface area contributed by atoms with Gasteiger partial charge in [0.25, 0.3) is 0 Å². The van der Waals surface area contributed by atoms with Gasteiger partial charge in [-0.25, -0.2) is 0 Å². The maximum Gasteiger partial charge on any atom is 0.305 e. The zero-order chi connectivity index (χ0) is 17.0.